The van der Waals surface area contributed by atoms with Crippen molar-refractivity contribution in [3.05, 3.63) is 35.1 Å². The van der Waals surface area contributed by atoms with E-state index in [2.05, 4.69) is 4.90 Å². The Bertz CT molecular complexity index is 461. The van der Waals surface area contributed by atoms with Gasteiger partial charge in [-0.15, -0.1) is 0 Å². The number of aliphatic carboxylic acids is 1. The van der Waals surface area contributed by atoms with E-state index in [1.807, 2.05) is 13.0 Å². The molecule has 0 aromatic heterocycles. The minimum absolute atomic E-state index is 0.151. The summed E-state index contributed by atoms with van der Waals surface area (Å²) in [4.78, 5) is 13.1. The predicted molar refractivity (Wildman–Crippen MR) is 66.7 cm³/mol. The molecule has 0 bridgehead atoms. The highest BCUT2D eigenvalue weighted by atomic mass is 19.1. The summed E-state index contributed by atoms with van der Waals surface area (Å²) in [6.45, 7) is 5.61. The summed E-state index contributed by atoms with van der Waals surface area (Å²) in [5.41, 5.74) is 1.54. The lowest BCUT2D eigenvalue weighted by Crippen LogP contribution is -2.23. The van der Waals surface area contributed by atoms with Crippen molar-refractivity contribution in [3.63, 3.8) is 0 Å². The van der Waals surface area contributed by atoms with Gasteiger partial charge in [-0.25, -0.2) is 4.39 Å². The van der Waals surface area contributed by atoms with Crippen LogP contribution in [0.2, 0.25) is 0 Å². The summed E-state index contributed by atoms with van der Waals surface area (Å²) >= 11 is 0. The summed E-state index contributed by atoms with van der Waals surface area (Å²) in [6.07, 6.45) is 0. The van der Waals surface area contributed by atoms with Gasteiger partial charge < -0.3 is 5.11 Å². The maximum absolute atomic E-state index is 13.4. The number of carboxylic acid groups (broad SMARTS) is 1. The molecule has 1 heterocycles. The van der Waals surface area contributed by atoms with Gasteiger partial charge in [0.1, 0.15) is 5.82 Å². The second-order valence-corrected chi connectivity index (χ2v) is 5.20. The molecule has 0 aliphatic carbocycles. The second-order valence-electron chi connectivity index (χ2n) is 5.20. The molecule has 1 N–H and O–H groups in total. The molecule has 1 aliphatic rings. The van der Waals surface area contributed by atoms with Gasteiger partial charge in [-0.3, -0.25) is 9.69 Å². The van der Waals surface area contributed by atoms with E-state index >= 15 is 0 Å². The first-order valence-electron chi connectivity index (χ1n) is 6.17. The van der Waals surface area contributed by atoms with E-state index in [9.17, 15) is 9.18 Å². The fraction of sp³-hybridized carbons (Fsp3) is 0.500. The first-order valence-corrected chi connectivity index (χ1v) is 6.17. The number of carbonyl (C=O) groups is 1. The highest BCUT2D eigenvalue weighted by Gasteiger charge is 2.34. The second kappa shape index (κ2) is 5.06. The summed E-state index contributed by atoms with van der Waals surface area (Å²) in [6, 6.07) is 5.20. The predicted octanol–water partition coefficient (Wildman–Crippen LogP) is 2.29. The lowest BCUT2D eigenvalue weighted by Gasteiger charge is -2.15. The number of likely N-dealkylation sites (tertiary alicyclic amines) is 1. The van der Waals surface area contributed by atoms with Crippen molar-refractivity contribution in [2.24, 2.45) is 11.8 Å². The molecule has 98 valence electrons. The zero-order valence-electron chi connectivity index (χ0n) is 10.7. The molecule has 2 atom stereocenters. The van der Waals surface area contributed by atoms with E-state index in [0.717, 1.165) is 12.1 Å². The molecule has 1 aromatic carbocycles. The van der Waals surface area contributed by atoms with Gasteiger partial charge in [-0.2, -0.15) is 0 Å². The fourth-order valence-electron chi connectivity index (χ4n) is 2.51. The van der Waals surface area contributed by atoms with Crippen LogP contribution in [0.5, 0.6) is 0 Å². The van der Waals surface area contributed by atoms with E-state index in [0.29, 0.717) is 18.7 Å². The highest BCUT2D eigenvalue weighted by molar-refractivity contribution is 5.71. The third kappa shape index (κ3) is 2.70. The number of halogens is 1. The number of rotatable bonds is 3. The Hall–Kier alpha value is -1.42. The van der Waals surface area contributed by atoms with Crippen molar-refractivity contribution in [1.82, 2.24) is 4.90 Å². The van der Waals surface area contributed by atoms with Crippen LogP contribution in [-0.2, 0) is 11.3 Å². The van der Waals surface area contributed by atoms with Crippen LogP contribution in [-0.4, -0.2) is 29.1 Å². The zero-order chi connectivity index (χ0) is 13.3. The first kappa shape index (κ1) is 13.0. The van der Waals surface area contributed by atoms with E-state index in [1.165, 1.54) is 6.07 Å². The van der Waals surface area contributed by atoms with Gasteiger partial charge in [0, 0.05) is 19.6 Å². The molecule has 1 saturated heterocycles. The Balaban J connectivity index is 2.03. The standard InChI is InChI=1S/C14H18FNO2/c1-9-3-4-11(5-13(9)15)7-16-6-10(2)12(8-16)14(17)18/h3-5,10,12H,6-8H2,1-2H3,(H,17,18)/t10-,12-/m1/s1. The summed E-state index contributed by atoms with van der Waals surface area (Å²) in [7, 11) is 0. The number of hydrogen-bond acceptors (Lipinski definition) is 2. The molecule has 0 radical (unpaired) electrons. The van der Waals surface area contributed by atoms with Gasteiger partial charge in [-0.1, -0.05) is 19.1 Å². The van der Waals surface area contributed by atoms with E-state index < -0.39 is 5.97 Å². The maximum Gasteiger partial charge on any atom is 0.308 e. The summed E-state index contributed by atoms with van der Waals surface area (Å²) < 4.78 is 13.4. The Morgan fingerprint density at radius 3 is 2.78 bits per heavy atom. The molecule has 0 spiro atoms. The molecule has 0 saturated carbocycles. The van der Waals surface area contributed by atoms with Crippen LogP contribution in [0.25, 0.3) is 0 Å². The van der Waals surface area contributed by atoms with Crippen LogP contribution in [0, 0.1) is 24.6 Å². The van der Waals surface area contributed by atoms with Gasteiger partial charge in [0.05, 0.1) is 5.92 Å². The van der Waals surface area contributed by atoms with E-state index in [4.69, 9.17) is 5.11 Å². The van der Waals surface area contributed by atoms with E-state index in [1.54, 1.807) is 13.0 Å². The van der Waals surface area contributed by atoms with Crippen LogP contribution >= 0.6 is 0 Å². The Morgan fingerprint density at radius 1 is 1.50 bits per heavy atom. The smallest absolute Gasteiger partial charge is 0.308 e. The largest absolute Gasteiger partial charge is 0.481 e. The van der Waals surface area contributed by atoms with Crippen molar-refractivity contribution < 1.29 is 14.3 Å². The van der Waals surface area contributed by atoms with Crippen LogP contribution in [0.15, 0.2) is 18.2 Å². The molecule has 2 rings (SSSR count). The number of benzene rings is 1. The van der Waals surface area contributed by atoms with Gasteiger partial charge in [0.15, 0.2) is 0 Å². The Kier molecular flexibility index (Phi) is 3.66. The highest BCUT2D eigenvalue weighted by Crippen LogP contribution is 2.25. The van der Waals surface area contributed by atoms with Crippen molar-refractivity contribution in [2.75, 3.05) is 13.1 Å². The zero-order valence-corrected chi connectivity index (χ0v) is 10.7. The summed E-state index contributed by atoms with van der Waals surface area (Å²) in [5, 5.41) is 9.06. The minimum atomic E-state index is -0.736. The molecule has 3 nitrogen and oxygen atoms in total. The fourth-order valence-corrected chi connectivity index (χ4v) is 2.51. The lowest BCUT2D eigenvalue weighted by molar-refractivity contribution is -0.142. The van der Waals surface area contributed by atoms with Crippen LogP contribution in [0.3, 0.4) is 0 Å². The molecule has 0 amide bonds. The van der Waals surface area contributed by atoms with Gasteiger partial charge >= 0.3 is 5.97 Å². The average molecular weight is 251 g/mol. The Labute approximate surface area is 106 Å². The van der Waals surface area contributed by atoms with Crippen LogP contribution < -0.4 is 0 Å². The Morgan fingerprint density at radius 2 is 2.22 bits per heavy atom. The minimum Gasteiger partial charge on any atom is -0.481 e. The molecule has 1 aliphatic heterocycles. The molecule has 1 fully saturated rings. The monoisotopic (exact) mass is 251 g/mol. The average Bonchev–Trinajstić information content (AvgIpc) is 2.65. The molecule has 1 aromatic rings. The van der Waals surface area contributed by atoms with Crippen molar-refractivity contribution >= 4 is 5.97 Å². The van der Waals surface area contributed by atoms with Gasteiger partial charge in [0.2, 0.25) is 0 Å². The van der Waals surface area contributed by atoms with Crippen molar-refractivity contribution in [2.45, 2.75) is 20.4 Å². The number of hydrogen-bond donors (Lipinski definition) is 1. The van der Waals surface area contributed by atoms with Gasteiger partial charge in [0.25, 0.3) is 0 Å². The SMILES string of the molecule is Cc1ccc(CN2C[C@@H](C)[C@H](C(=O)O)C2)cc1F. The molecule has 0 unspecified atom stereocenters. The first-order chi connectivity index (χ1) is 8.47. The topological polar surface area (TPSA) is 40.5 Å². The van der Waals surface area contributed by atoms with Gasteiger partial charge in [-0.05, 0) is 30.0 Å². The molecule has 4 heteroatoms. The maximum atomic E-state index is 13.4. The van der Waals surface area contributed by atoms with E-state index in [-0.39, 0.29) is 17.7 Å². The van der Waals surface area contributed by atoms with Crippen LogP contribution in [0.1, 0.15) is 18.1 Å². The van der Waals surface area contributed by atoms with Crippen molar-refractivity contribution in [1.29, 1.82) is 0 Å². The molecular formula is C14H18FNO2. The number of nitrogens with zero attached hydrogens (tertiary/aromatic N) is 1. The lowest BCUT2D eigenvalue weighted by atomic mass is 9.99. The normalized spacial score (nSPS) is 24.4. The summed E-state index contributed by atoms with van der Waals surface area (Å²) in [5.74, 6) is -1.09. The van der Waals surface area contributed by atoms with Crippen molar-refractivity contribution in [3.8, 4) is 0 Å². The number of aryl methyl sites for hydroxylation is 1. The van der Waals surface area contributed by atoms with Crippen LogP contribution in [0.4, 0.5) is 4.39 Å². The molecular weight excluding hydrogens is 233 g/mol. The quantitative estimate of drug-likeness (QED) is 0.896. The third-order valence-corrected chi connectivity index (χ3v) is 3.65. The number of carboxylic acids is 1. The molecule has 18 heavy (non-hydrogen) atoms. The third-order valence-electron chi connectivity index (χ3n) is 3.65.